The number of amides is 1. The molecule has 0 unspecified atom stereocenters. The third kappa shape index (κ3) is 4.29. The molecule has 0 aliphatic rings. The Bertz CT molecular complexity index is 634. The molecular weight excluding hydrogens is 282 g/mol. The Morgan fingerprint density at radius 2 is 2.00 bits per heavy atom. The summed E-state index contributed by atoms with van der Waals surface area (Å²) >= 11 is 1.71. The zero-order valence-corrected chi connectivity index (χ0v) is 13.7. The first-order valence-corrected chi connectivity index (χ1v) is 7.85. The van der Waals surface area contributed by atoms with Crippen LogP contribution in [0.1, 0.15) is 29.4 Å². The van der Waals surface area contributed by atoms with Gasteiger partial charge in [-0.1, -0.05) is 19.9 Å². The van der Waals surface area contributed by atoms with Crippen molar-refractivity contribution in [3.8, 4) is 0 Å². The van der Waals surface area contributed by atoms with Gasteiger partial charge in [-0.2, -0.15) is 0 Å². The van der Waals surface area contributed by atoms with Crippen molar-refractivity contribution in [1.82, 2.24) is 4.98 Å². The largest absolute Gasteiger partial charge is 0.380 e. The predicted molar refractivity (Wildman–Crippen MR) is 88.8 cm³/mol. The van der Waals surface area contributed by atoms with Crippen LogP contribution in [0.4, 0.5) is 11.4 Å². The summed E-state index contributed by atoms with van der Waals surface area (Å²) in [5, 5.41) is 7.37. The number of hydrogen-bond acceptors (Lipinski definition) is 4. The maximum atomic E-state index is 11.7. The number of anilines is 2. The van der Waals surface area contributed by atoms with Gasteiger partial charge in [-0.3, -0.25) is 4.79 Å². The molecule has 4 nitrogen and oxygen atoms in total. The van der Waals surface area contributed by atoms with E-state index in [1.54, 1.807) is 11.3 Å². The molecule has 5 heteroatoms. The molecule has 0 bridgehead atoms. The molecule has 0 aliphatic heterocycles. The van der Waals surface area contributed by atoms with E-state index in [0.717, 1.165) is 28.6 Å². The Balaban J connectivity index is 2.01. The minimum atomic E-state index is -0.0237. The van der Waals surface area contributed by atoms with Gasteiger partial charge in [-0.25, -0.2) is 4.98 Å². The molecule has 0 saturated heterocycles. The van der Waals surface area contributed by atoms with Gasteiger partial charge in [0.05, 0.1) is 17.2 Å². The maximum absolute atomic E-state index is 11.7. The lowest BCUT2D eigenvalue weighted by molar-refractivity contribution is -0.118. The normalized spacial score (nSPS) is 10.7. The molecule has 0 saturated carbocycles. The summed E-state index contributed by atoms with van der Waals surface area (Å²) in [6.45, 7) is 8.56. The van der Waals surface area contributed by atoms with Gasteiger partial charge in [0.2, 0.25) is 5.91 Å². The molecule has 0 atom stereocenters. The number of aryl methyl sites for hydroxylation is 2. The van der Waals surface area contributed by atoms with Crippen molar-refractivity contribution < 1.29 is 4.79 Å². The summed E-state index contributed by atoms with van der Waals surface area (Å²) in [7, 11) is 0. The van der Waals surface area contributed by atoms with Crippen molar-refractivity contribution in [1.29, 1.82) is 0 Å². The fourth-order valence-corrected chi connectivity index (χ4v) is 2.79. The van der Waals surface area contributed by atoms with E-state index in [1.807, 2.05) is 52.0 Å². The van der Waals surface area contributed by atoms with Crippen molar-refractivity contribution in [2.24, 2.45) is 5.92 Å². The van der Waals surface area contributed by atoms with Gasteiger partial charge in [0.1, 0.15) is 0 Å². The van der Waals surface area contributed by atoms with Crippen molar-refractivity contribution in [3.05, 3.63) is 39.8 Å². The molecule has 0 aliphatic carbocycles. The van der Waals surface area contributed by atoms with Crippen LogP contribution in [0.3, 0.4) is 0 Å². The summed E-state index contributed by atoms with van der Waals surface area (Å²) in [4.78, 5) is 17.4. The van der Waals surface area contributed by atoms with E-state index < -0.39 is 0 Å². The van der Waals surface area contributed by atoms with Crippen molar-refractivity contribution in [3.63, 3.8) is 0 Å². The number of carbonyl (C=O) groups excluding carboxylic acids is 1. The van der Waals surface area contributed by atoms with Gasteiger partial charge in [0.15, 0.2) is 0 Å². The van der Waals surface area contributed by atoms with Gasteiger partial charge in [0.25, 0.3) is 0 Å². The van der Waals surface area contributed by atoms with E-state index in [0.29, 0.717) is 0 Å². The fourth-order valence-electron chi connectivity index (χ4n) is 1.91. The molecule has 2 aromatic rings. The Morgan fingerprint density at radius 3 is 2.62 bits per heavy atom. The average molecular weight is 303 g/mol. The third-order valence-electron chi connectivity index (χ3n) is 3.11. The Morgan fingerprint density at radius 1 is 1.29 bits per heavy atom. The van der Waals surface area contributed by atoms with Crippen molar-refractivity contribution in [2.75, 3.05) is 10.6 Å². The molecular formula is C16H21N3OS. The smallest absolute Gasteiger partial charge is 0.226 e. The number of nitrogens with one attached hydrogen (secondary N) is 2. The zero-order chi connectivity index (χ0) is 15.4. The molecule has 2 rings (SSSR count). The summed E-state index contributed by atoms with van der Waals surface area (Å²) in [5.41, 5.74) is 2.88. The number of nitrogens with zero attached hydrogens (tertiary/aromatic N) is 1. The van der Waals surface area contributed by atoms with Crippen LogP contribution in [0.2, 0.25) is 0 Å². The molecule has 1 heterocycles. The fraction of sp³-hybridized carbons (Fsp3) is 0.375. The monoisotopic (exact) mass is 303 g/mol. The van der Waals surface area contributed by atoms with Crippen LogP contribution in [-0.4, -0.2) is 10.9 Å². The lowest BCUT2D eigenvalue weighted by Gasteiger charge is -2.10. The van der Waals surface area contributed by atoms with Gasteiger partial charge < -0.3 is 10.6 Å². The molecule has 1 aromatic heterocycles. The molecule has 21 heavy (non-hydrogen) atoms. The van der Waals surface area contributed by atoms with E-state index in [1.165, 1.54) is 4.88 Å². The molecule has 2 N–H and O–H groups in total. The number of rotatable bonds is 5. The number of thiazole rings is 1. The van der Waals surface area contributed by atoms with Gasteiger partial charge in [0, 0.05) is 22.2 Å². The molecule has 0 radical (unpaired) electrons. The van der Waals surface area contributed by atoms with E-state index >= 15 is 0 Å². The first-order valence-electron chi connectivity index (χ1n) is 7.03. The number of aromatic nitrogens is 1. The Hall–Kier alpha value is -1.88. The second-order valence-corrected chi connectivity index (χ2v) is 6.61. The summed E-state index contributed by atoms with van der Waals surface area (Å²) < 4.78 is 0. The first-order chi connectivity index (χ1) is 9.95. The molecule has 112 valence electrons. The molecule has 0 spiro atoms. The standard InChI is InChI=1S/C16H21N3OS/c1-10(2)16(20)19-14-7-5-6-13(8-14)17-9-15-11(3)18-12(4)21-15/h5-8,10,17H,9H2,1-4H3,(H,19,20). The summed E-state index contributed by atoms with van der Waals surface area (Å²) in [6.07, 6.45) is 0. The molecule has 1 amide bonds. The van der Waals surface area contributed by atoms with Gasteiger partial charge in [-0.15, -0.1) is 11.3 Å². The van der Waals surface area contributed by atoms with Crippen molar-refractivity contribution >= 4 is 28.6 Å². The number of carbonyl (C=O) groups is 1. The van der Waals surface area contributed by atoms with E-state index in [4.69, 9.17) is 0 Å². The first kappa shape index (κ1) is 15.5. The van der Waals surface area contributed by atoms with Crippen molar-refractivity contribution in [2.45, 2.75) is 34.2 Å². The van der Waals surface area contributed by atoms with Crippen LogP contribution in [0.25, 0.3) is 0 Å². The van der Waals surface area contributed by atoms with E-state index in [9.17, 15) is 4.79 Å². The lowest BCUT2D eigenvalue weighted by atomic mass is 10.2. The highest BCUT2D eigenvalue weighted by molar-refractivity contribution is 7.11. The molecule has 1 aromatic carbocycles. The quantitative estimate of drug-likeness (QED) is 0.879. The highest BCUT2D eigenvalue weighted by atomic mass is 32.1. The van der Waals surface area contributed by atoms with E-state index in [2.05, 4.69) is 15.6 Å². The van der Waals surface area contributed by atoms with Gasteiger partial charge >= 0.3 is 0 Å². The molecule has 0 fully saturated rings. The third-order valence-corrected chi connectivity index (χ3v) is 4.18. The van der Waals surface area contributed by atoms with Crippen LogP contribution in [0, 0.1) is 19.8 Å². The second-order valence-electron chi connectivity index (χ2n) is 5.32. The Kier molecular flexibility index (Phi) is 4.96. The van der Waals surface area contributed by atoms with Crippen LogP contribution in [0.5, 0.6) is 0 Å². The maximum Gasteiger partial charge on any atom is 0.226 e. The SMILES string of the molecule is Cc1nc(C)c(CNc2cccc(NC(=O)C(C)C)c2)s1. The topological polar surface area (TPSA) is 54.0 Å². The second kappa shape index (κ2) is 6.72. The highest BCUT2D eigenvalue weighted by Crippen LogP contribution is 2.20. The summed E-state index contributed by atoms with van der Waals surface area (Å²) in [6, 6.07) is 7.77. The number of benzene rings is 1. The van der Waals surface area contributed by atoms with E-state index in [-0.39, 0.29) is 11.8 Å². The average Bonchev–Trinajstić information content (AvgIpc) is 2.75. The zero-order valence-electron chi connectivity index (χ0n) is 12.9. The minimum absolute atomic E-state index is 0.0237. The lowest BCUT2D eigenvalue weighted by Crippen LogP contribution is -2.17. The van der Waals surface area contributed by atoms with Crippen LogP contribution >= 0.6 is 11.3 Å². The predicted octanol–water partition coefficient (Wildman–Crippen LogP) is 3.97. The highest BCUT2D eigenvalue weighted by Gasteiger charge is 2.08. The Labute approximate surface area is 129 Å². The minimum Gasteiger partial charge on any atom is -0.380 e. The van der Waals surface area contributed by atoms with Crippen LogP contribution < -0.4 is 10.6 Å². The van der Waals surface area contributed by atoms with Crippen LogP contribution in [0.15, 0.2) is 24.3 Å². The van der Waals surface area contributed by atoms with Gasteiger partial charge in [-0.05, 0) is 32.0 Å². The van der Waals surface area contributed by atoms with Crippen LogP contribution in [-0.2, 0) is 11.3 Å². The summed E-state index contributed by atoms with van der Waals surface area (Å²) in [5.74, 6) is 0.00510. The number of hydrogen-bond donors (Lipinski definition) is 2.